The van der Waals surface area contributed by atoms with E-state index in [1.165, 1.54) is 38.5 Å². The van der Waals surface area contributed by atoms with Crippen LogP contribution in [0.25, 0.3) is 0 Å². The quantitative estimate of drug-likeness (QED) is 0.850. The smallest absolute Gasteiger partial charge is 0.256 e. The molecule has 1 amide bonds. The topological polar surface area (TPSA) is 67.8 Å². The number of ether oxygens (including phenoxy) is 2. The van der Waals surface area contributed by atoms with Crippen LogP contribution in [0.5, 0.6) is 17.2 Å². The number of rotatable bonds is 4. The summed E-state index contributed by atoms with van der Waals surface area (Å²) in [5, 5.41) is 11.9. The van der Waals surface area contributed by atoms with Crippen molar-refractivity contribution in [2.45, 2.75) is 0 Å². The molecule has 0 atom stereocenters. The molecule has 110 valence electrons. The zero-order valence-electron chi connectivity index (χ0n) is 11.5. The predicted octanol–water partition coefficient (Wildman–Crippen LogP) is 2.80. The Morgan fingerprint density at radius 2 is 1.76 bits per heavy atom. The van der Waals surface area contributed by atoms with Gasteiger partial charge in [-0.15, -0.1) is 0 Å². The second-order valence-corrected chi connectivity index (χ2v) is 4.19. The maximum atomic E-state index is 13.6. The zero-order chi connectivity index (χ0) is 15.4. The van der Waals surface area contributed by atoms with Crippen LogP contribution < -0.4 is 14.8 Å². The lowest BCUT2D eigenvalue weighted by Gasteiger charge is -2.10. The van der Waals surface area contributed by atoms with Gasteiger partial charge in [-0.1, -0.05) is 6.07 Å². The van der Waals surface area contributed by atoms with E-state index in [4.69, 9.17) is 9.47 Å². The molecule has 0 heterocycles. The first kappa shape index (κ1) is 14.6. The van der Waals surface area contributed by atoms with Gasteiger partial charge in [0.05, 0.1) is 14.2 Å². The second kappa shape index (κ2) is 6.13. The first-order chi connectivity index (χ1) is 10.0. The molecule has 2 aromatic rings. The fourth-order valence-electron chi connectivity index (χ4n) is 1.76. The van der Waals surface area contributed by atoms with Crippen LogP contribution >= 0.6 is 0 Å². The number of benzene rings is 2. The molecule has 0 unspecified atom stereocenters. The Hall–Kier alpha value is -2.76. The molecule has 0 saturated carbocycles. The standard InChI is InChI=1S/C15H14FNO4/c1-20-10-6-9(7-11(8-10)21-2)15(19)17-14-12(16)4-3-5-13(14)18/h3-8,18H,1-2H3,(H,17,19). The average Bonchev–Trinajstić information content (AvgIpc) is 2.50. The van der Waals surface area contributed by atoms with Gasteiger partial charge >= 0.3 is 0 Å². The van der Waals surface area contributed by atoms with E-state index in [1.54, 1.807) is 6.07 Å². The van der Waals surface area contributed by atoms with Crippen LogP contribution in [0.1, 0.15) is 10.4 Å². The highest BCUT2D eigenvalue weighted by Gasteiger charge is 2.14. The molecule has 0 aromatic heterocycles. The van der Waals surface area contributed by atoms with Crippen molar-refractivity contribution < 1.29 is 23.8 Å². The summed E-state index contributed by atoms with van der Waals surface area (Å²) < 4.78 is 23.7. The first-order valence-electron chi connectivity index (χ1n) is 6.07. The molecule has 2 rings (SSSR count). The van der Waals surface area contributed by atoms with Crippen molar-refractivity contribution in [3.63, 3.8) is 0 Å². The highest BCUT2D eigenvalue weighted by Crippen LogP contribution is 2.28. The third kappa shape index (κ3) is 3.22. The van der Waals surface area contributed by atoms with Crippen LogP contribution in [-0.2, 0) is 0 Å². The monoisotopic (exact) mass is 291 g/mol. The van der Waals surface area contributed by atoms with Gasteiger partial charge in [0.1, 0.15) is 22.9 Å². The van der Waals surface area contributed by atoms with Gasteiger partial charge < -0.3 is 19.9 Å². The van der Waals surface area contributed by atoms with Crippen LogP contribution in [0.3, 0.4) is 0 Å². The lowest BCUT2D eigenvalue weighted by Crippen LogP contribution is -2.13. The Morgan fingerprint density at radius 3 is 2.29 bits per heavy atom. The molecule has 0 aliphatic carbocycles. The lowest BCUT2D eigenvalue weighted by molar-refractivity contribution is 0.102. The van der Waals surface area contributed by atoms with E-state index in [1.807, 2.05) is 0 Å². The molecular formula is C15H14FNO4. The third-order valence-corrected chi connectivity index (χ3v) is 2.84. The van der Waals surface area contributed by atoms with Crippen molar-refractivity contribution in [2.24, 2.45) is 0 Å². The van der Waals surface area contributed by atoms with Gasteiger partial charge in [-0.2, -0.15) is 0 Å². The van der Waals surface area contributed by atoms with E-state index < -0.39 is 11.7 Å². The molecule has 2 N–H and O–H groups in total. The summed E-state index contributed by atoms with van der Waals surface area (Å²) >= 11 is 0. The average molecular weight is 291 g/mol. The summed E-state index contributed by atoms with van der Waals surface area (Å²) in [6.45, 7) is 0. The highest BCUT2D eigenvalue weighted by molar-refractivity contribution is 6.05. The number of aromatic hydroxyl groups is 1. The maximum Gasteiger partial charge on any atom is 0.256 e. The molecule has 5 nitrogen and oxygen atoms in total. The fourth-order valence-corrected chi connectivity index (χ4v) is 1.76. The molecule has 0 aliphatic heterocycles. The van der Waals surface area contributed by atoms with Gasteiger partial charge in [0.2, 0.25) is 0 Å². The van der Waals surface area contributed by atoms with E-state index in [0.717, 1.165) is 6.07 Å². The maximum absolute atomic E-state index is 13.6. The van der Waals surface area contributed by atoms with Crippen LogP contribution in [0.2, 0.25) is 0 Å². The third-order valence-electron chi connectivity index (χ3n) is 2.84. The fraction of sp³-hybridized carbons (Fsp3) is 0.133. The Morgan fingerprint density at radius 1 is 1.14 bits per heavy atom. The van der Waals surface area contributed by atoms with E-state index in [-0.39, 0.29) is 17.0 Å². The van der Waals surface area contributed by atoms with Gasteiger partial charge in [0.15, 0.2) is 5.82 Å². The van der Waals surface area contributed by atoms with E-state index in [9.17, 15) is 14.3 Å². The Kier molecular flexibility index (Phi) is 4.27. The van der Waals surface area contributed by atoms with E-state index >= 15 is 0 Å². The van der Waals surface area contributed by atoms with E-state index in [2.05, 4.69) is 5.32 Å². The van der Waals surface area contributed by atoms with Crippen molar-refractivity contribution in [3.05, 3.63) is 47.8 Å². The van der Waals surface area contributed by atoms with Crippen LogP contribution in [0.4, 0.5) is 10.1 Å². The zero-order valence-corrected chi connectivity index (χ0v) is 11.5. The molecule has 6 heteroatoms. The Bertz CT molecular complexity index is 630. The van der Waals surface area contributed by atoms with Crippen LogP contribution in [0.15, 0.2) is 36.4 Å². The number of phenols is 1. The minimum Gasteiger partial charge on any atom is -0.506 e. The van der Waals surface area contributed by atoms with Crippen molar-refractivity contribution in [3.8, 4) is 17.2 Å². The number of hydrogen-bond acceptors (Lipinski definition) is 4. The minimum absolute atomic E-state index is 0.217. The SMILES string of the molecule is COc1cc(OC)cc(C(=O)Nc2c(O)cccc2F)c1. The second-order valence-electron chi connectivity index (χ2n) is 4.19. The number of amides is 1. The molecule has 0 radical (unpaired) electrons. The number of methoxy groups -OCH3 is 2. The number of anilines is 1. The number of carbonyl (C=O) groups is 1. The van der Waals surface area contributed by atoms with Gasteiger partial charge in [-0.3, -0.25) is 4.79 Å². The highest BCUT2D eigenvalue weighted by atomic mass is 19.1. The summed E-state index contributed by atoms with van der Waals surface area (Å²) in [7, 11) is 2.91. The van der Waals surface area contributed by atoms with Crippen LogP contribution in [0, 0.1) is 5.82 Å². The van der Waals surface area contributed by atoms with Crippen molar-refractivity contribution >= 4 is 11.6 Å². The predicted molar refractivity (Wildman–Crippen MR) is 75.6 cm³/mol. The number of para-hydroxylation sites is 1. The normalized spacial score (nSPS) is 10.0. The Balaban J connectivity index is 2.32. The van der Waals surface area contributed by atoms with Gasteiger partial charge in [0, 0.05) is 11.6 Å². The molecule has 0 spiro atoms. The number of nitrogens with one attached hydrogen (secondary N) is 1. The summed E-state index contributed by atoms with van der Waals surface area (Å²) in [6.07, 6.45) is 0. The molecule has 0 bridgehead atoms. The molecule has 0 fully saturated rings. The van der Waals surface area contributed by atoms with Gasteiger partial charge in [-0.25, -0.2) is 4.39 Å². The summed E-state index contributed by atoms with van der Waals surface area (Å²) in [4.78, 5) is 12.2. The van der Waals surface area contributed by atoms with Crippen LogP contribution in [-0.4, -0.2) is 25.2 Å². The van der Waals surface area contributed by atoms with Crippen molar-refractivity contribution in [1.82, 2.24) is 0 Å². The number of halogens is 1. The molecule has 0 saturated heterocycles. The molecule has 21 heavy (non-hydrogen) atoms. The summed E-state index contributed by atoms with van der Waals surface area (Å²) in [6, 6.07) is 8.34. The van der Waals surface area contributed by atoms with E-state index in [0.29, 0.717) is 11.5 Å². The molecular weight excluding hydrogens is 277 g/mol. The van der Waals surface area contributed by atoms with Crippen molar-refractivity contribution in [1.29, 1.82) is 0 Å². The number of carbonyl (C=O) groups excluding carboxylic acids is 1. The largest absolute Gasteiger partial charge is 0.506 e. The van der Waals surface area contributed by atoms with Gasteiger partial charge in [0.25, 0.3) is 5.91 Å². The minimum atomic E-state index is -0.724. The molecule has 2 aromatic carbocycles. The summed E-state index contributed by atoms with van der Waals surface area (Å²) in [5.74, 6) is -0.807. The van der Waals surface area contributed by atoms with Gasteiger partial charge in [-0.05, 0) is 24.3 Å². The number of phenolic OH excluding ortho intramolecular Hbond substituents is 1. The summed E-state index contributed by atoms with van der Waals surface area (Å²) in [5.41, 5.74) is -0.0573. The van der Waals surface area contributed by atoms with Crippen molar-refractivity contribution in [2.75, 3.05) is 19.5 Å². The Labute approximate surface area is 120 Å². The first-order valence-corrected chi connectivity index (χ1v) is 6.07. The lowest BCUT2D eigenvalue weighted by atomic mass is 10.1. The number of hydrogen-bond donors (Lipinski definition) is 2. The molecule has 0 aliphatic rings.